The average molecular weight is 289 g/mol. The van der Waals surface area contributed by atoms with E-state index < -0.39 is 0 Å². The van der Waals surface area contributed by atoms with Crippen molar-refractivity contribution >= 4 is 11.6 Å². The van der Waals surface area contributed by atoms with Gasteiger partial charge in [0.15, 0.2) is 0 Å². The number of hydrogen-bond donors (Lipinski definition) is 3. The third kappa shape index (κ3) is 3.91. The number of rotatable bonds is 7. The van der Waals surface area contributed by atoms with Gasteiger partial charge in [-0.25, -0.2) is 15.8 Å². The number of hydrogen-bond acceptors (Lipinski definition) is 6. The summed E-state index contributed by atoms with van der Waals surface area (Å²) in [5.74, 6) is 8.07. The second-order valence-corrected chi connectivity index (χ2v) is 5.25. The van der Waals surface area contributed by atoms with Crippen LogP contribution < -0.4 is 16.6 Å². The van der Waals surface area contributed by atoms with Crippen LogP contribution in [0, 0.1) is 6.92 Å². The number of aryl methyl sites for hydroxylation is 1. The molecule has 0 spiro atoms. The summed E-state index contributed by atoms with van der Waals surface area (Å²) in [6.45, 7) is 7.77. The van der Waals surface area contributed by atoms with Crippen LogP contribution in [0.1, 0.15) is 37.6 Å². The monoisotopic (exact) mass is 289 g/mol. The first-order chi connectivity index (χ1) is 10.1. The molecule has 7 nitrogen and oxygen atoms in total. The van der Waals surface area contributed by atoms with Gasteiger partial charge in [-0.15, -0.1) is 0 Å². The Hall–Kier alpha value is -2.15. The maximum Gasteiger partial charge on any atom is 0.148 e. The highest BCUT2D eigenvalue weighted by atomic mass is 15.3. The molecule has 7 heteroatoms. The standard InChI is InChI=1S/C14H23N7/c1-10(2)12-18-13(11(3)14(19-12)20-15)16-6-4-8-21-9-5-7-17-21/h5,7,9-10H,4,6,8,15H2,1-3H3,(H2,16,18,19,20). The van der Waals surface area contributed by atoms with E-state index in [2.05, 4.69) is 39.7 Å². The second-order valence-electron chi connectivity index (χ2n) is 5.25. The number of nitrogens with one attached hydrogen (secondary N) is 2. The van der Waals surface area contributed by atoms with Crippen molar-refractivity contribution in [2.24, 2.45) is 5.84 Å². The quantitative estimate of drug-likeness (QED) is 0.409. The fraction of sp³-hybridized carbons (Fsp3) is 0.500. The van der Waals surface area contributed by atoms with E-state index in [9.17, 15) is 0 Å². The number of nitrogens with zero attached hydrogens (tertiary/aromatic N) is 4. The highest BCUT2D eigenvalue weighted by Crippen LogP contribution is 2.22. The van der Waals surface area contributed by atoms with Crippen LogP contribution in [-0.4, -0.2) is 26.3 Å². The minimum absolute atomic E-state index is 0.252. The number of hydrazine groups is 1. The molecule has 0 saturated heterocycles. The van der Waals surface area contributed by atoms with Gasteiger partial charge < -0.3 is 10.7 Å². The summed E-state index contributed by atoms with van der Waals surface area (Å²) in [5, 5.41) is 7.54. The van der Waals surface area contributed by atoms with Gasteiger partial charge in [0, 0.05) is 37.0 Å². The average Bonchev–Trinajstić information content (AvgIpc) is 2.98. The van der Waals surface area contributed by atoms with Gasteiger partial charge in [0.2, 0.25) is 0 Å². The smallest absolute Gasteiger partial charge is 0.148 e. The minimum Gasteiger partial charge on any atom is -0.370 e. The van der Waals surface area contributed by atoms with Crippen LogP contribution in [0.25, 0.3) is 0 Å². The van der Waals surface area contributed by atoms with E-state index in [-0.39, 0.29) is 5.92 Å². The van der Waals surface area contributed by atoms with E-state index in [1.54, 1.807) is 6.20 Å². The van der Waals surface area contributed by atoms with Gasteiger partial charge >= 0.3 is 0 Å². The fourth-order valence-corrected chi connectivity index (χ4v) is 1.99. The predicted octanol–water partition coefficient (Wildman–Crippen LogP) is 1.89. The molecule has 21 heavy (non-hydrogen) atoms. The second kappa shape index (κ2) is 7.03. The molecule has 2 aromatic heterocycles. The molecule has 114 valence electrons. The van der Waals surface area contributed by atoms with Crippen molar-refractivity contribution in [2.75, 3.05) is 17.3 Å². The molecule has 0 aliphatic heterocycles. The van der Waals surface area contributed by atoms with E-state index >= 15 is 0 Å². The lowest BCUT2D eigenvalue weighted by Crippen LogP contribution is -2.16. The lowest BCUT2D eigenvalue weighted by Gasteiger charge is -2.15. The third-order valence-electron chi connectivity index (χ3n) is 3.23. The van der Waals surface area contributed by atoms with Crippen LogP contribution in [0.4, 0.5) is 11.6 Å². The zero-order chi connectivity index (χ0) is 15.2. The van der Waals surface area contributed by atoms with Gasteiger partial charge in [0.25, 0.3) is 0 Å². The third-order valence-corrected chi connectivity index (χ3v) is 3.23. The highest BCUT2D eigenvalue weighted by Gasteiger charge is 2.12. The Morgan fingerprint density at radius 1 is 1.29 bits per heavy atom. The molecule has 2 aromatic rings. The van der Waals surface area contributed by atoms with E-state index in [1.165, 1.54) is 0 Å². The lowest BCUT2D eigenvalue weighted by molar-refractivity contribution is 0.591. The number of anilines is 2. The van der Waals surface area contributed by atoms with E-state index in [0.29, 0.717) is 5.82 Å². The molecular formula is C14H23N7. The Morgan fingerprint density at radius 2 is 2.05 bits per heavy atom. The van der Waals surface area contributed by atoms with E-state index in [0.717, 1.165) is 36.7 Å². The molecule has 0 aliphatic carbocycles. The van der Waals surface area contributed by atoms with Crippen LogP contribution in [0.3, 0.4) is 0 Å². The Labute approximate surface area is 124 Å². The minimum atomic E-state index is 0.252. The summed E-state index contributed by atoms with van der Waals surface area (Å²) < 4.78 is 1.92. The van der Waals surface area contributed by atoms with Crippen molar-refractivity contribution in [3.63, 3.8) is 0 Å². The maximum atomic E-state index is 5.53. The normalized spacial score (nSPS) is 10.9. The zero-order valence-corrected chi connectivity index (χ0v) is 12.8. The number of nitrogens with two attached hydrogens (primary N) is 1. The molecular weight excluding hydrogens is 266 g/mol. The molecule has 0 fully saturated rings. The van der Waals surface area contributed by atoms with Crippen molar-refractivity contribution in [2.45, 2.75) is 39.7 Å². The van der Waals surface area contributed by atoms with Crippen molar-refractivity contribution in [3.8, 4) is 0 Å². The van der Waals surface area contributed by atoms with Crippen LogP contribution in [0.5, 0.6) is 0 Å². The van der Waals surface area contributed by atoms with Crippen molar-refractivity contribution < 1.29 is 0 Å². The van der Waals surface area contributed by atoms with Gasteiger partial charge in [-0.1, -0.05) is 13.8 Å². The van der Waals surface area contributed by atoms with Crippen LogP contribution in [0.15, 0.2) is 18.5 Å². The van der Waals surface area contributed by atoms with Gasteiger partial charge in [0.05, 0.1) is 0 Å². The highest BCUT2D eigenvalue weighted by molar-refractivity contribution is 5.56. The molecule has 2 heterocycles. The number of aromatic nitrogens is 4. The van der Waals surface area contributed by atoms with Crippen LogP contribution in [-0.2, 0) is 6.54 Å². The molecule has 0 bridgehead atoms. The largest absolute Gasteiger partial charge is 0.370 e. The Bertz CT molecular complexity index is 563. The molecule has 0 radical (unpaired) electrons. The molecule has 0 saturated carbocycles. The summed E-state index contributed by atoms with van der Waals surface area (Å²) in [4.78, 5) is 8.99. The molecule has 0 aliphatic rings. The molecule has 4 N–H and O–H groups in total. The molecule has 0 unspecified atom stereocenters. The van der Waals surface area contributed by atoms with Crippen molar-refractivity contribution in [3.05, 3.63) is 29.8 Å². The maximum absolute atomic E-state index is 5.53. The molecule has 0 aromatic carbocycles. The summed E-state index contributed by atoms with van der Waals surface area (Å²) in [7, 11) is 0. The zero-order valence-electron chi connectivity index (χ0n) is 12.8. The Kier molecular flexibility index (Phi) is 5.10. The Morgan fingerprint density at radius 3 is 2.67 bits per heavy atom. The molecule has 0 amide bonds. The fourth-order valence-electron chi connectivity index (χ4n) is 1.99. The first-order valence-corrected chi connectivity index (χ1v) is 7.18. The van der Waals surface area contributed by atoms with Crippen LogP contribution in [0.2, 0.25) is 0 Å². The van der Waals surface area contributed by atoms with Crippen LogP contribution >= 0.6 is 0 Å². The lowest BCUT2D eigenvalue weighted by atomic mass is 10.2. The SMILES string of the molecule is Cc1c(NN)nc(C(C)C)nc1NCCCn1cccn1. The Balaban J connectivity index is 1.99. The van der Waals surface area contributed by atoms with E-state index in [4.69, 9.17) is 5.84 Å². The summed E-state index contributed by atoms with van der Waals surface area (Å²) in [5.41, 5.74) is 3.57. The molecule has 2 rings (SSSR count). The van der Waals surface area contributed by atoms with Gasteiger partial charge in [-0.3, -0.25) is 4.68 Å². The summed E-state index contributed by atoms with van der Waals surface area (Å²) >= 11 is 0. The van der Waals surface area contributed by atoms with Gasteiger partial charge in [0.1, 0.15) is 17.5 Å². The van der Waals surface area contributed by atoms with Gasteiger partial charge in [-0.2, -0.15) is 5.10 Å². The summed E-state index contributed by atoms with van der Waals surface area (Å²) in [6, 6.07) is 1.93. The first-order valence-electron chi connectivity index (χ1n) is 7.18. The topological polar surface area (TPSA) is 93.7 Å². The number of nitrogen functional groups attached to an aromatic ring is 1. The molecule has 0 atom stereocenters. The van der Waals surface area contributed by atoms with Gasteiger partial charge in [-0.05, 0) is 19.4 Å². The van der Waals surface area contributed by atoms with Crippen molar-refractivity contribution in [1.82, 2.24) is 19.7 Å². The van der Waals surface area contributed by atoms with Crippen molar-refractivity contribution in [1.29, 1.82) is 0 Å². The van der Waals surface area contributed by atoms with E-state index in [1.807, 2.05) is 23.9 Å². The first kappa shape index (κ1) is 15.2. The summed E-state index contributed by atoms with van der Waals surface area (Å²) in [6.07, 6.45) is 4.72. The predicted molar refractivity (Wildman–Crippen MR) is 84.0 cm³/mol.